The molecule has 6 heteroatoms. The van der Waals surface area contributed by atoms with Crippen LogP contribution in [0.15, 0.2) is 52.8 Å². The lowest BCUT2D eigenvalue weighted by atomic mass is 10.3. The number of para-hydroxylation sites is 2. The minimum atomic E-state index is -0.0328. The van der Waals surface area contributed by atoms with Crippen molar-refractivity contribution in [1.29, 1.82) is 0 Å². The van der Waals surface area contributed by atoms with Gasteiger partial charge in [0.25, 0.3) is 5.91 Å². The average molecular weight is 410 g/mol. The topological polar surface area (TPSA) is 42.8 Å². The van der Waals surface area contributed by atoms with Crippen LogP contribution in [0.2, 0.25) is 0 Å². The lowest BCUT2D eigenvalue weighted by Gasteiger charge is -2.17. The number of ether oxygens (including phenoxy) is 1. The van der Waals surface area contributed by atoms with Crippen LogP contribution in [0, 0.1) is 0 Å². The number of thiophene rings is 1. The first-order valence-electron chi connectivity index (χ1n) is 7.82. The van der Waals surface area contributed by atoms with Gasteiger partial charge in [-0.3, -0.25) is 4.79 Å². The number of benzene rings is 1. The van der Waals surface area contributed by atoms with Gasteiger partial charge in [-0.2, -0.15) is 0 Å². The molecule has 2 aromatic rings. The Kier molecular flexibility index (Phi) is 7.49. The van der Waals surface area contributed by atoms with Crippen molar-refractivity contribution < 1.29 is 14.4 Å². The molecule has 2 rings (SSSR count). The molecule has 0 saturated heterocycles. The Bertz CT molecular complexity index is 687. The molecule has 1 amide bonds. The summed E-state index contributed by atoms with van der Waals surface area (Å²) in [4.78, 5) is 14.8. The summed E-state index contributed by atoms with van der Waals surface area (Å²) >= 11 is 5.17. The standard InChI is InChI=1S/C18H21BrN2O2S/c1-3-11-21(12-14-9-10-17(19)24-14)13-18(22)20-15-7-5-6-8-16(15)23-4-2/h3,5-10H,1,4,11-13H2,2H3,(H,20,22)/p+1. The van der Waals surface area contributed by atoms with E-state index in [1.165, 1.54) is 4.88 Å². The third-order valence-electron chi connectivity index (χ3n) is 3.36. The maximum Gasteiger partial charge on any atom is 0.279 e. The first kappa shape index (κ1) is 18.7. The zero-order valence-electron chi connectivity index (χ0n) is 13.7. The Balaban J connectivity index is 1.98. The van der Waals surface area contributed by atoms with Crippen molar-refractivity contribution in [2.45, 2.75) is 13.5 Å². The van der Waals surface area contributed by atoms with E-state index in [1.54, 1.807) is 11.3 Å². The van der Waals surface area contributed by atoms with E-state index < -0.39 is 0 Å². The molecule has 0 spiro atoms. The predicted octanol–water partition coefficient (Wildman–Crippen LogP) is 3.12. The highest BCUT2D eigenvalue weighted by molar-refractivity contribution is 9.11. The lowest BCUT2D eigenvalue weighted by molar-refractivity contribution is -0.899. The van der Waals surface area contributed by atoms with Gasteiger partial charge in [-0.1, -0.05) is 18.7 Å². The highest BCUT2D eigenvalue weighted by Crippen LogP contribution is 2.23. The molecule has 0 aliphatic carbocycles. The largest absolute Gasteiger partial charge is 0.492 e. The van der Waals surface area contributed by atoms with Crippen molar-refractivity contribution in [3.8, 4) is 5.75 Å². The lowest BCUT2D eigenvalue weighted by Crippen LogP contribution is -3.11. The van der Waals surface area contributed by atoms with E-state index in [0.29, 0.717) is 24.6 Å². The molecule has 4 nitrogen and oxygen atoms in total. The Morgan fingerprint density at radius 2 is 2.17 bits per heavy atom. The first-order valence-corrected chi connectivity index (χ1v) is 9.43. The first-order chi connectivity index (χ1) is 11.6. The molecule has 0 aliphatic rings. The molecule has 0 fully saturated rings. The van der Waals surface area contributed by atoms with Crippen LogP contribution in [0.5, 0.6) is 5.75 Å². The molecule has 0 saturated carbocycles. The van der Waals surface area contributed by atoms with E-state index in [1.807, 2.05) is 43.3 Å². The van der Waals surface area contributed by atoms with Crippen molar-refractivity contribution >= 4 is 38.9 Å². The van der Waals surface area contributed by atoms with Gasteiger partial charge < -0.3 is 15.0 Å². The summed E-state index contributed by atoms with van der Waals surface area (Å²) in [6.07, 6.45) is 1.85. The van der Waals surface area contributed by atoms with Gasteiger partial charge in [0.2, 0.25) is 0 Å². The van der Waals surface area contributed by atoms with E-state index in [0.717, 1.165) is 21.8 Å². The third-order valence-corrected chi connectivity index (χ3v) is 4.98. The van der Waals surface area contributed by atoms with Gasteiger partial charge in [-0.15, -0.1) is 11.3 Å². The van der Waals surface area contributed by atoms with Gasteiger partial charge in [0, 0.05) is 0 Å². The van der Waals surface area contributed by atoms with E-state index in [4.69, 9.17) is 4.74 Å². The van der Waals surface area contributed by atoms with Gasteiger partial charge in [0.05, 0.1) is 27.5 Å². The molecular weight excluding hydrogens is 388 g/mol. The smallest absolute Gasteiger partial charge is 0.279 e. The van der Waals surface area contributed by atoms with Crippen LogP contribution in [0.1, 0.15) is 11.8 Å². The minimum absolute atomic E-state index is 0.0328. The summed E-state index contributed by atoms with van der Waals surface area (Å²) in [6.45, 7) is 8.19. The zero-order valence-corrected chi connectivity index (χ0v) is 16.1. The van der Waals surface area contributed by atoms with Gasteiger partial charge in [0.15, 0.2) is 6.54 Å². The summed E-state index contributed by atoms with van der Waals surface area (Å²) in [7, 11) is 0. The number of carbonyl (C=O) groups is 1. The highest BCUT2D eigenvalue weighted by atomic mass is 79.9. The van der Waals surface area contributed by atoms with Crippen molar-refractivity contribution in [3.05, 3.63) is 57.7 Å². The second kappa shape index (κ2) is 9.61. The van der Waals surface area contributed by atoms with Crippen LogP contribution >= 0.6 is 27.3 Å². The molecule has 0 bridgehead atoms. The summed E-state index contributed by atoms with van der Waals surface area (Å²) in [5, 5.41) is 2.95. The molecular formula is C18H22BrN2O2S+. The van der Waals surface area contributed by atoms with Crippen LogP contribution in [-0.4, -0.2) is 25.6 Å². The number of halogens is 1. The maximum atomic E-state index is 12.4. The van der Waals surface area contributed by atoms with Crippen LogP contribution in [0.25, 0.3) is 0 Å². The Labute approximate surface area is 155 Å². The molecule has 0 radical (unpaired) electrons. The fourth-order valence-corrected chi connectivity index (χ4v) is 3.93. The maximum absolute atomic E-state index is 12.4. The minimum Gasteiger partial charge on any atom is -0.492 e. The van der Waals surface area contributed by atoms with Crippen LogP contribution < -0.4 is 15.0 Å². The summed E-state index contributed by atoms with van der Waals surface area (Å²) in [5.41, 5.74) is 0.709. The monoisotopic (exact) mass is 409 g/mol. The SMILES string of the molecule is C=CC[NH+](CC(=O)Nc1ccccc1OCC)Cc1ccc(Br)s1. The van der Waals surface area contributed by atoms with Crippen LogP contribution in [0.4, 0.5) is 5.69 Å². The molecule has 2 N–H and O–H groups in total. The number of nitrogens with one attached hydrogen (secondary N) is 2. The van der Waals surface area contributed by atoms with Crippen LogP contribution in [-0.2, 0) is 11.3 Å². The fraction of sp³-hybridized carbons (Fsp3) is 0.278. The molecule has 1 aromatic heterocycles. The number of hydrogen-bond donors (Lipinski definition) is 2. The normalized spacial score (nSPS) is 11.8. The Hall–Kier alpha value is -1.63. The molecule has 1 atom stereocenters. The van der Waals surface area contributed by atoms with Crippen molar-refractivity contribution in [2.24, 2.45) is 0 Å². The number of rotatable bonds is 9. The second-order valence-electron chi connectivity index (χ2n) is 5.28. The highest BCUT2D eigenvalue weighted by Gasteiger charge is 2.16. The van der Waals surface area contributed by atoms with E-state index >= 15 is 0 Å². The third kappa shape index (κ3) is 5.78. The average Bonchev–Trinajstić information content (AvgIpc) is 2.94. The van der Waals surface area contributed by atoms with Crippen molar-refractivity contribution in [1.82, 2.24) is 0 Å². The van der Waals surface area contributed by atoms with E-state index in [2.05, 4.69) is 33.9 Å². The van der Waals surface area contributed by atoms with Gasteiger partial charge in [-0.25, -0.2) is 0 Å². The summed E-state index contributed by atoms with van der Waals surface area (Å²) in [5.74, 6) is 0.662. The molecule has 1 aromatic carbocycles. The zero-order chi connectivity index (χ0) is 17.4. The molecule has 1 unspecified atom stereocenters. The number of amides is 1. The number of carbonyl (C=O) groups excluding carboxylic acids is 1. The molecule has 128 valence electrons. The van der Waals surface area contributed by atoms with Crippen LogP contribution in [0.3, 0.4) is 0 Å². The van der Waals surface area contributed by atoms with Gasteiger partial charge in [0.1, 0.15) is 12.3 Å². The predicted molar refractivity (Wildman–Crippen MR) is 103 cm³/mol. The van der Waals surface area contributed by atoms with E-state index in [9.17, 15) is 4.79 Å². The number of hydrogen-bond acceptors (Lipinski definition) is 3. The molecule has 24 heavy (non-hydrogen) atoms. The number of anilines is 1. The molecule has 0 aliphatic heterocycles. The summed E-state index contributed by atoms with van der Waals surface area (Å²) in [6, 6.07) is 11.6. The van der Waals surface area contributed by atoms with Crippen molar-refractivity contribution in [2.75, 3.05) is 25.0 Å². The quantitative estimate of drug-likeness (QED) is 0.624. The fourth-order valence-electron chi connectivity index (χ4n) is 2.38. The van der Waals surface area contributed by atoms with Gasteiger partial charge in [-0.05, 0) is 53.2 Å². The Morgan fingerprint density at radius 3 is 2.83 bits per heavy atom. The molecule has 1 heterocycles. The summed E-state index contributed by atoms with van der Waals surface area (Å²) < 4.78 is 6.65. The second-order valence-corrected chi connectivity index (χ2v) is 7.83. The Morgan fingerprint density at radius 1 is 1.38 bits per heavy atom. The van der Waals surface area contributed by atoms with Gasteiger partial charge >= 0.3 is 0 Å². The van der Waals surface area contributed by atoms with Crippen molar-refractivity contribution in [3.63, 3.8) is 0 Å². The van der Waals surface area contributed by atoms with E-state index in [-0.39, 0.29) is 5.91 Å². The number of quaternary nitrogens is 1.